The molecule has 0 amide bonds. The summed E-state index contributed by atoms with van der Waals surface area (Å²) < 4.78 is 50.8. The van der Waals surface area contributed by atoms with E-state index < -0.39 is 15.7 Å². The lowest BCUT2D eigenvalue weighted by Gasteiger charge is -2.15. The Labute approximate surface area is 220 Å². The maximum atomic E-state index is 14.0. The second kappa shape index (κ2) is 10.1. The third-order valence-electron chi connectivity index (χ3n) is 5.70. The highest BCUT2D eigenvalue weighted by Crippen LogP contribution is 2.40. The van der Waals surface area contributed by atoms with Crippen LogP contribution in [-0.4, -0.2) is 47.8 Å². The van der Waals surface area contributed by atoms with Crippen LogP contribution in [0.1, 0.15) is 10.6 Å². The Balaban J connectivity index is 1.64. The molecule has 13 heteroatoms. The highest BCUT2D eigenvalue weighted by atomic mass is 32.2. The van der Waals surface area contributed by atoms with E-state index in [0.29, 0.717) is 38.5 Å². The van der Waals surface area contributed by atoms with E-state index in [2.05, 4.69) is 31.2 Å². The van der Waals surface area contributed by atoms with Crippen LogP contribution in [0.3, 0.4) is 0 Å². The zero-order valence-corrected chi connectivity index (χ0v) is 21.5. The van der Waals surface area contributed by atoms with E-state index in [1.807, 2.05) is 0 Å². The summed E-state index contributed by atoms with van der Waals surface area (Å²) in [4.78, 5) is 12.7. The zero-order chi connectivity index (χ0) is 26.9. The van der Waals surface area contributed by atoms with Crippen LogP contribution < -0.4 is 9.47 Å². The van der Waals surface area contributed by atoms with Crippen molar-refractivity contribution < 1.29 is 22.3 Å². The minimum absolute atomic E-state index is 0.0792. The first kappa shape index (κ1) is 25.1. The largest absolute Gasteiger partial charge is 0.496 e. The maximum absolute atomic E-state index is 14.0. The van der Waals surface area contributed by atoms with Crippen LogP contribution >= 0.6 is 11.3 Å². The molecular weight excluding hydrogens is 531 g/mol. The Hall–Kier alpha value is -4.54. The number of nitrogens with zero attached hydrogens (tertiary/aromatic N) is 6. The first-order valence-corrected chi connectivity index (χ1v) is 13.4. The van der Waals surface area contributed by atoms with Gasteiger partial charge in [0.1, 0.15) is 34.2 Å². The fourth-order valence-electron chi connectivity index (χ4n) is 3.98. The molecular formula is C25H17FN6O4S2. The molecule has 0 saturated heterocycles. The van der Waals surface area contributed by atoms with Crippen molar-refractivity contribution in [2.75, 3.05) is 14.2 Å². The van der Waals surface area contributed by atoms with E-state index in [-0.39, 0.29) is 27.7 Å². The minimum atomic E-state index is -3.69. The van der Waals surface area contributed by atoms with Crippen LogP contribution in [0.2, 0.25) is 0 Å². The highest BCUT2D eigenvalue weighted by molar-refractivity contribution is 7.90. The average Bonchev–Trinajstić information content (AvgIpc) is 3.44. The summed E-state index contributed by atoms with van der Waals surface area (Å²) in [5.41, 5.74) is 3.59. The number of benzene rings is 2. The SMILES string of the molecule is COc1cc(-c2cc(F)cnc2OC)c(C#N)cc1-c1ncnc2cc(S(=O)(=O)Cc3nncs3)ccc12. The number of rotatable bonds is 7. The number of aromatic nitrogens is 5. The number of fused-ring (bicyclic) bond motifs is 1. The summed E-state index contributed by atoms with van der Waals surface area (Å²) >= 11 is 1.16. The molecule has 0 spiro atoms. The quantitative estimate of drug-likeness (QED) is 0.290. The van der Waals surface area contributed by atoms with Gasteiger partial charge < -0.3 is 9.47 Å². The van der Waals surface area contributed by atoms with Crippen molar-refractivity contribution in [2.45, 2.75) is 10.6 Å². The van der Waals surface area contributed by atoms with Gasteiger partial charge in [-0.1, -0.05) is 0 Å². The number of hydrogen-bond acceptors (Lipinski definition) is 11. The van der Waals surface area contributed by atoms with Crippen LogP contribution in [0.25, 0.3) is 33.3 Å². The molecule has 0 N–H and O–H groups in total. The number of nitriles is 1. The number of methoxy groups -OCH3 is 2. The normalized spacial score (nSPS) is 11.3. The van der Waals surface area contributed by atoms with Crippen LogP contribution in [-0.2, 0) is 15.6 Å². The first-order chi connectivity index (χ1) is 18.3. The Kier molecular flexibility index (Phi) is 6.66. The molecule has 2 aromatic carbocycles. The number of ether oxygens (including phenoxy) is 2. The molecule has 0 saturated carbocycles. The van der Waals surface area contributed by atoms with Gasteiger partial charge in [0.25, 0.3) is 0 Å². The van der Waals surface area contributed by atoms with Crippen molar-refractivity contribution in [2.24, 2.45) is 0 Å². The van der Waals surface area contributed by atoms with Gasteiger partial charge >= 0.3 is 0 Å². The molecule has 0 atom stereocenters. The molecule has 3 aromatic heterocycles. The molecule has 3 heterocycles. The number of hydrogen-bond donors (Lipinski definition) is 0. The number of halogens is 1. The predicted molar refractivity (Wildman–Crippen MR) is 137 cm³/mol. The second-order valence-electron chi connectivity index (χ2n) is 7.91. The Morgan fingerprint density at radius 1 is 1.03 bits per heavy atom. The van der Waals surface area contributed by atoms with Gasteiger partial charge in [-0.05, 0) is 36.4 Å². The predicted octanol–water partition coefficient (Wildman–Crippen LogP) is 4.21. The van der Waals surface area contributed by atoms with Crippen molar-refractivity contribution in [1.82, 2.24) is 25.1 Å². The van der Waals surface area contributed by atoms with Crippen molar-refractivity contribution >= 4 is 32.1 Å². The van der Waals surface area contributed by atoms with Gasteiger partial charge in [-0.15, -0.1) is 21.5 Å². The smallest absolute Gasteiger partial charge is 0.221 e. The summed E-state index contributed by atoms with van der Waals surface area (Å²) in [6, 6.07) is 11.1. The highest BCUT2D eigenvalue weighted by Gasteiger charge is 2.22. The van der Waals surface area contributed by atoms with E-state index in [1.165, 1.54) is 44.3 Å². The summed E-state index contributed by atoms with van der Waals surface area (Å²) in [6.07, 6.45) is 2.33. The molecule has 0 aliphatic carbocycles. The third kappa shape index (κ3) is 4.62. The van der Waals surface area contributed by atoms with E-state index >= 15 is 0 Å². The molecule has 0 aliphatic heterocycles. The molecule has 190 valence electrons. The number of sulfone groups is 1. The second-order valence-corrected chi connectivity index (χ2v) is 10.8. The van der Waals surface area contributed by atoms with Crippen molar-refractivity contribution in [3.8, 4) is 40.1 Å². The lowest BCUT2D eigenvalue weighted by molar-refractivity contribution is 0.397. The molecule has 0 bridgehead atoms. The van der Waals surface area contributed by atoms with Gasteiger partial charge in [-0.2, -0.15) is 5.26 Å². The maximum Gasteiger partial charge on any atom is 0.221 e. The first-order valence-electron chi connectivity index (χ1n) is 10.9. The molecule has 5 rings (SSSR count). The van der Waals surface area contributed by atoms with E-state index in [1.54, 1.807) is 18.2 Å². The van der Waals surface area contributed by atoms with E-state index in [9.17, 15) is 18.1 Å². The summed E-state index contributed by atoms with van der Waals surface area (Å²) in [6.45, 7) is 0. The van der Waals surface area contributed by atoms with Crippen molar-refractivity contribution in [1.29, 1.82) is 5.26 Å². The lowest BCUT2D eigenvalue weighted by atomic mass is 9.95. The molecule has 38 heavy (non-hydrogen) atoms. The average molecular weight is 549 g/mol. The Morgan fingerprint density at radius 3 is 2.58 bits per heavy atom. The van der Waals surface area contributed by atoms with Crippen LogP contribution in [0, 0.1) is 17.1 Å². The molecule has 0 fully saturated rings. The lowest BCUT2D eigenvalue weighted by Crippen LogP contribution is -2.05. The van der Waals surface area contributed by atoms with Gasteiger partial charge in [0.05, 0.1) is 48.2 Å². The Morgan fingerprint density at radius 2 is 1.87 bits per heavy atom. The van der Waals surface area contributed by atoms with Gasteiger partial charge in [-0.25, -0.2) is 27.8 Å². The summed E-state index contributed by atoms with van der Waals surface area (Å²) in [7, 11) is -0.836. The van der Waals surface area contributed by atoms with Gasteiger partial charge in [0.2, 0.25) is 5.88 Å². The van der Waals surface area contributed by atoms with Crippen molar-refractivity contribution in [3.63, 3.8) is 0 Å². The third-order valence-corrected chi connectivity index (χ3v) is 8.21. The Bertz CT molecular complexity index is 1820. The molecule has 5 aromatic rings. The van der Waals surface area contributed by atoms with Gasteiger partial charge in [-0.3, -0.25) is 0 Å². The summed E-state index contributed by atoms with van der Waals surface area (Å²) in [5.74, 6) is -0.377. The molecule has 0 aliphatic rings. The fourth-order valence-corrected chi connectivity index (χ4v) is 6.15. The van der Waals surface area contributed by atoms with Crippen molar-refractivity contribution in [3.05, 3.63) is 70.8 Å². The molecule has 10 nitrogen and oxygen atoms in total. The summed E-state index contributed by atoms with van der Waals surface area (Å²) in [5, 5.41) is 18.4. The van der Waals surface area contributed by atoms with Crippen LogP contribution in [0.5, 0.6) is 11.6 Å². The number of pyridine rings is 1. The van der Waals surface area contributed by atoms with Crippen LogP contribution in [0.4, 0.5) is 4.39 Å². The van der Waals surface area contributed by atoms with E-state index in [0.717, 1.165) is 17.5 Å². The van der Waals surface area contributed by atoms with E-state index in [4.69, 9.17) is 9.47 Å². The fraction of sp³-hybridized carbons (Fsp3) is 0.120. The van der Waals surface area contributed by atoms with Crippen LogP contribution in [0.15, 0.2) is 59.3 Å². The zero-order valence-electron chi connectivity index (χ0n) is 19.9. The topological polar surface area (TPSA) is 141 Å². The van der Waals surface area contributed by atoms with Gasteiger partial charge in [0, 0.05) is 22.1 Å². The standard InChI is InChI=1S/C25H17FN6O4S2/c1-35-22-8-18(19-6-15(26)10-28-25(19)36-2)14(9-27)5-20(22)24-17-4-3-16(7-21(17)29-12-30-24)38(33,34)11-23-32-31-13-37-23/h3-8,10,12-13H,11H2,1-2H3. The van der Waals surface area contributed by atoms with Gasteiger partial charge in [0.15, 0.2) is 9.84 Å². The molecule has 0 unspecified atom stereocenters. The monoisotopic (exact) mass is 548 g/mol. The molecule has 0 radical (unpaired) electrons. The minimum Gasteiger partial charge on any atom is -0.496 e.